The fraction of sp³-hybridized carbons (Fsp3) is 0.429. The molecule has 0 amide bonds. The van der Waals surface area contributed by atoms with Gasteiger partial charge in [0, 0.05) is 12.1 Å². The Kier molecular flexibility index (Phi) is 5.21. The molecule has 2 aliphatic heterocycles. The largest absolute Gasteiger partial charge is 0.490 e. The van der Waals surface area contributed by atoms with E-state index >= 15 is 0 Å². The fourth-order valence-electron chi connectivity index (χ4n) is 3.68. The standard InChI is InChI=1S/C21H25NO4S/c1-16-4-7-18(8-5-16)27(23,24)26-21-15-25-20-9-6-17(14-19(20)21)10-13-22-11-2-3-12-22/h4-9,14,21H,2-3,10-13,15H2,1H3/t21-/m1/s1. The van der Waals surface area contributed by atoms with Crippen LogP contribution in [0.4, 0.5) is 0 Å². The van der Waals surface area contributed by atoms with Gasteiger partial charge in [0.05, 0.1) is 4.90 Å². The molecule has 1 fully saturated rings. The summed E-state index contributed by atoms with van der Waals surface area (Å²) in [5.74, 6) is 0.712. The average Bonchev–Trinajstić information content (AvgIpc) is 3.30. The van der Waals surface area contributed by atoms with Crippen LogP contribution in [0.25, 0.3) is 0 Å². The number of rotatable bonds is 6. The van der Waals surface area contributed by atoms with E-state index < -0.39 is 16.2 Å². The number of benzene rings is 2. The summed E-state index contributed by atoms with van der Waals surface area (Å²) in [5.41, 5.74) is 3.02. The maximum absolute atomic E-state index is 12.6. The first-order chi connectivity index (χ1) is 13.0. The summed E-state index contributed by atoms with van der Waals surface area (Å²) < 4.78 is 36.4. The first-order valence-electron chi connectivity index (χ1n) is 9.49. The van der Waals surface area contributed by atoms with E-state index in [1.54, 1.807) is 24.3 Å². The topological polar surface area (TPSA) is 55.8 Å². The van der Waals surface area contributed by atoms with Crippen molar-refractivity contribution in [2.24, 2.45) is 0 Å². The third-order valence-corrected chi connectivity index (χ3v) is 6.61. The van der Waals surface area contributed by atoms with E-state index in [0.29, 0.717) is 5.75 Å². The van der Waals surface area contributed by atoms with Crippen LogP contribution in [0.1, 0.15) is 35.6 Å². The van der Waals surface area contributed by atoms with Gasteiger partial charge in [0.2, 0.25) is 0 Å². The van der Waals surface area contributed by atoms with E-state index in [1.165, 1.54) is 31.5 Å². The maximum Gasteiger partial charge on any atom is 0.297 e. The lowest BCUT2D eigenvalue weighted by atomic mass is 10.0. The highest BCUT2D eigenvalue weighted by Gasteiger charge is 2.31. The second-order valence-electron chi connectivity index (χ2n) is 7.33. The van der Waals surface area contributed by atoms with Gasteiger partial charge in [0.15, 0.2) is 0 Å². The second kappa shape index (κ2) is 7.62. The molecule has 2 heterocycles. The number of hydrogen-bond acceptors (Lipinski definition) is 5. The molecular formula is C21H25NO4S. The Balaban J connectivity index is 1.48. The Morgan fingerprint density at radius 3 is 2.59 bits per heavy atom. The Morgan fingerprint density at radius 2 is 1.85 bits per heavy atom. The molecule has 0 aliphatic carbocycles. The first-order valence-corrected chi connectivity index (χ1v) is 10.9. The van der Waals surface area contributed by atoms with Crippen molar-refractivity contribution in [1.82, 2.24) is 4.90 Å². The molecule has 2 aromatic carbocycles. The molecule has 1 atom stereocenters. The monoisotopic (exact) mass is 387 g/mol. The van der Waals surface area contributed by atoms with Gasteiger partial charge in [-0.25, -0.2) is 0 Å². The summed E-state index contributed by atoms with van der Waals surface area (Å²) in [7, 11) is -3.83. The molecule has 0 radical (unpaired) electrons. The molecule has 1 saturated heterocycles. The summed E-state index contributed by atoms with van der Waals surface area (Å²) in [6, 6.07) is 12.7. The van der Waals surface area contributed by atoms with Gasteiger partial charge < -0.3 is 9.64 Å². The Labute approximate surface area is 161 Å². The van der Waals surface area contributed by atoms with E-state index in [9.17, 15) is 8.42 Å². The third kappa shape index (κ3) is 4.18. The highest BCUT2D eigenvalue weighted by Crippen LogP contribution is 2.37. The molecule has 0 unspecified atom stereocenters. The molecule has 27 heavy (non-hydrogen) atoms. The zero-order chi connectivity index (χ0) is 18.9. The van der Waals surface area contributed by atoms with Crippen LogP contribution < -0.4 is 4.74 Å². The number of nitrogens with zero attached hydrogens (tertiary/aromatic N) is 1. The fourth-order valence-corrected chi connectivity index (χ4v) is 4.72. The minimum absolute atomic E-state index is 0.173. The molecule has 0 spiro atoms. The van der Waals surface area contributed by atoms with Crippen molar-refractivity contribution in [3.63, 3.8) is 0 Å². The molecule has 0 aromatic heterocycles. The van der Waals surface area contributed by atoms with Crippen molar-refractivity contribution in [1.29, 1.82) is 0 Å². The number of hydrogen-bond donors (Lipinski definition) is 0. The van der Waals surface area contributed by atoms with Crippen molar-refractivity contribution in [2.75, 3.05) is 26.2 Å². The van der Waals surface area contributed by atoms with Crippen LogP contribution in [0.15, 0.2) is 47.4 Å². The molecule has 2 aliphatic rings. The van der Waals surface area contributed by atoms with Crippen LogP contribution >= 0.6 is 0 Å². The lowest BCUT2D eigenvalue weighted by Crippen LogP contribution is -2.22. The van der Waals surface area contributed by atoms with Gasteiger partial charge in [-0.1, -0.05) is 23.8 Å². The molecule has 2 aromatic rings. The zero-order valence-electron chi connectivity index (χ0n) is 15.6. The lowest BCUT2D eigenvalue weighted by Gasteiger charge is -2.15. The average molecular weight is 388 g/mol. The van der Waals surface area contributed by atoms with Crippen LogP contribution in [0.3, 0.4) is 0 Å². The smallest absolute Gasteiger partial charge is 0.297 e. The van der Waals surface area contributed by atoms with Crippen molar-refractivity contribution in [3.8, 4) is 5.75 Å². The predicted molar refractivity (Wildman–Crippen MR) is 104 cm³/mol. The van der Waals surface area contributed by atoms with Gasteiger partial charge in [-0.3, -0.25) is 4.18 Å². The normalized spacial score (nSPS) is 19.8. The summed E-state index contributed by atoms with van der Waals surface area (Å²) in [6.07, 6.45) is 2.92. The van der Waals surface area contributed by atoms with E-state index in [4.69, 9.17) is 8.92 Å². The van der Waals surface area contributed by atoms with Crippen LogP contribution in [0, 0.1) is 6.92 Å². The molecule has 0 saturated carbocycles. The van der Waals surface area contributed by atoms with Gasteiger partial charge in [-0.05, 0) is 69.1 Å². The van der Waals surface area contributed by atoms with E-state index in [0.717, 1.165) is 24.1 Å². The molecule has 0 N–H and O–H groups in total. The predicted octanol–water partition coefficient (Wildman–Crippen LogP) is 3.47. The number of aryl methyl sites for hydroxylation is 1. The minimum atomic E-state index is -3.83. The second-order valence-corrected chi connectivity index (χ2v) is 8.91. The summed E-state index contributed by atoms with van der Waals surface area (Å²) in [6.45, 7) is 5.52. The van der Waals surface area contributed by atoms with E-state index in [1.807, 2.05) is 19.1 Å². The number of fused-ring (bicyclic) bond motifs is 1. The van der Waals surface area contributed by atoms with Crippen molar-refractivity contribution < 1.29 is 17.3 Å². The molecular weight excluding hydrogens is 362 g/mol. The van der Waals surface area contributed by atoms with Crippen LogP contribution in [0.2, 0.25) is 0 Å². The maximum atomic E-state index is 12.6. The van der Waals surface area contributed by atoms with Crippen molar-refractivity contribution in [2.45, 2.75) is 37.2 Å². The lowest BCUT2D eigenvalue weighted by molar-refractivity contribution is 0.169. The quantitative estimate of drug-likeness (QED) is 0.711. The first kappa shape index (κ1) is 18.5. The van der Waals surface area contributed by atoms with Crippen LogP contribution in [0.5, 0.6) is 5.75 Å². The third-order valence-electron chi connectivity index (χ3n) is 5.28. The summed E-state index contributed by atoms with van der Waals surface area (Å²) in [5, 5.41) is 0. The molecule has 0 bridgehead atoms. The molecule has 6 heteroatoms. The SMILES string of the molecule is Cc1ccc(S(=O)(=O)O[C@@H]2COc3ccc(CCN4CCCC4)cc32)cc1. The summed E-state index contributed by atoms with van der Waals surface area (Å²) in [4.78, 5) is 2.64. The molecule has 4 rings (SSSR count). The van der Waals surface area contributed by atoms with Gasteiger partial charge in [-0.2, -0.15) is 8.42 Å². The Bertz CT molecular complexity index is 902. The zero-order valence-corrected chi connectivity index (χ0v) is 16.4. The highest BCUT2D eigenvalue weighted by atomic mass is 32.2. The van der Waals surface area contributed by atoms with Gasteiger partial charge in [0.1, 0.15) is 18.5 Å². The van der Waals surface area contributed by atoms with E-state index in [2.05, 4.69) is 11.0 Å². The molecule has 144 valence electrons. The van der Waals surface area contributed by atoms with E-state index in [-0.39, 0.29) is 11.5 Å². The van der Waals surface area contributed by atoms with Crippen LogP contribution in [-0.4, -0.2) is 39.6 Å². The Hall–Kier alpha value is -1.89. The van der Waals surface area contributed by atoms with Crippen molar-refractivity contribution >= 4 is 10.1 Å². The van der Waals surface area contributed by atoms with Gasteiger partial charge in [0.25, 0.3) is 10.1 Å². The van der Waals surface area contributed by atoms with Crippen LogP contribution in [-0.2, 0) is 20.7 Å². The number of likely N-dealkylation sites (tertiary alicyclic amines) is 1. The summed E-state index contributed by atoms with van der Waals surface area (Å²) >= 11 is 0. The van der Waals surface area contributed by atoms with Gasteiger partial charge in [-0.15, -0.1) is 0 Å². The minimum Gasteiger partial charge on any atom is -0.490 e. The number of ether oxygens (including phenoxy) is 1. The highest BCUT2D eigenvalue weighted by molar-refractivity contribution is 7.86. The van der Waals surface area contributed by atoms with Crippen molar-refractivity contribution in [3.05, 3.63) is 59.2 Å². The van der Waals surface area contributed by atoms with Gasteiger partial charge >= 0.3 is 0 Å². The molecule has 5 nitrogen and oxygen atoms in total. The Morgan fingerprint density at radius 1 is 1.11 bits per heavy atom.